The van der Waals surface area contributed by atoms with Crippen LogP contribution in [0.25, 0.3) is 0 Å². The Morgan fingerprint density at radius 3 is 2.40 bits per heavy atom. The maximum atomic E-state index is 12.8. The summed E-state index contributed by atoms with van der Waals surface area (Å²) in [6.45, 7) is 4.84. The van der Waals surface area contributed by atoms with E-state index in [1.165, 1.54) is 12.4 Å². The molecule has 1 atom stereocenters. The molecule has 1 aromatic rings. The molecule has 0 bridgehead atoms. The van der Waals surface area contributed by atoms with Crippen LogP contribution in [0.2, 0.25) is 0 Å². The summed E-state index contributed by atoms with van der Waals surface area (Å²) in [4.78, 5) is 37.0. The smallest absolute Gasteiger partial charge is 0.257 e. The molecule has 3 rings (SSSR count). The van der Waals surface area contributed by atoms with Gasteiger partial charge in [0.05, 0.1) is 31.9 Å². The van der Waals surface area contributed by atoms with E-state index in [2.05, 4.69) is 15.3 Å². The maximum absolute atomic E-state index is 12.8. The number of nitrogens with zero attached hydrogens (tertiary/aromatic N) is 4. The van der Waals surface area contributed by atoms with Crippen LogP contribution in [0.4, 0.5) is 5.95 Å². The molecule has 9 nitrogen and oxygen atoms in total. The summed E-state index contributed by atoms with van der Waals surface area (Å²) in [6, 6.07) is 0. The van der Waals surface area contributed by atoms with E-state index in [1.807, 2.05) is 0 Å². The van der Waals surface area contributed by atoms with Crippen molar-refractivity contribution in [1.82, 2.24) is 19.8 Å². The number of morpholine rings is 2. The number of carbonyl (C=O) groups excluding carboxylic acids is 2. The topological polar surface area (TPSA) is 96.9 Å². The first-order chi connectivity index (χ1) is 12.0. The van der Waals surface area contributed by atoms with Gasteiger partial charge in [0.25, 0.3) is 11.8 Å². The standard InChI is InChI=1S/C16H23N5O4/c1-16(14(23)20-3-6-24-7-4-20)11-21(5-8-25-16)13(22)12-9-18-15(17-2)19-10-12/h9-10H,3-8,11H2,1-2H3,(H,17,18,19). The van der Waals surface area contributed by atoms with Crippen LogP contribution in [0.1, 0.15) is 17.3 Å². The number of rotatable bonds is 3. The van der Waals surface area contributed by atoms with Gasteiger partial charge in [0.15, 0.2) is 5.60 Å². The van der Waals surface area contributed by atoms with Crippen molar-refractivity contribution in [2.45, 2.75) is 12.5 Å². The van der Waals surface area contributed by atoms with Crippen molar-refractivity contribution in [1.29, 1.82) is 0 Å². The molecule has 2 saturated heterocycles. The molecule has 1 aromatic heterocycles. The Balaban J connectivity index is 1.70. The quantitative estimate of drug-likeness (QED) is 0.794. The van der Waals surface area contributed by atoms with E-state index in [4.69, 9.17) is 9.47 Å². The zero-order valence-corrected chi connectivity index (χ0v) is 14.5. The molecule has 0 saturated carbocycles. The Morgan fingerprint density at radius 1 is 1.12 bits per heavy atom. The molecule has 1 N–H and O–H groups in total. The van der Waals surface area contributed by atoms with Crippen molar-refractivity contribution in [3.05, 3.63) is 18.0 Å². The predicted octanol–water partition coefficient (Wildman–Crippen LogP) is -0.392. The molecule has 2 fully saturated rings. The largest absolute Gasteiger partial charge is 0.378 e. The van der Waals surface area contributed by atoms with E-state index >= 15 is 0 Å². The minimum Gasteiger partial charge on any atom is -0.378 e. The molecule has 0 aromatic carbocycles. The van der Waals surface area contributed by atoms with Gasteiger partial charge < -0.3 is 24.6 Å². The third kappa shape index (κ3) is 3.72. The first-order valence-corrected chi connectivity index (χ1v) is 8.34. The number of hydrogen-bond acceptors (Lipinski definition) is 7. The number of ether oxygens (including phenoxy) is 2. The van der Waals surface area contributed by atoms with Crippen LogP contribution in [-0.2, 0) is 14.3 Å². The normalized spacial score (nSPS) is 24.1. The van der Waals surface area contributed by atoms with Crippen LogP contribution >= 0.6 is 0 Å². The lowest BCUT2D eigenvalue weighted by atomic mass is 10.0. The third-order valence-electron chi connectivity index (χ3n) is 4.43. The van der Waals surface area contributed by atoms with Crippen molar-refractivity contribution < 1.29 is 19.1 Å². The second-order valence-corrected chi connectivity index (χ2v) is 6.26. The van der Waals surface area contributed by atoms with Gasteiger partial charge in [-0.2, -0.15) is 0 Å². The monoisotopic (exact) mass is 349 g/mol. The van der Waals surface area contributed by atoms with Crippen molar-refractivity contribution >= 4 is 17.8 Å². The number of carbonyl (C=O) groups is 2. The lowest BCUT2D eigenvalue weighted by Gasteiger charge is -2.42. The molecule has 136 valence electrons. The lowest BCUT2D eigenvalue weighted by Crippen LogP contribution is -2.61. The molecule has 2 aliphatic heterocycles. The highest BCUT2D eigenvalue weighted by Crippen LogP contribution is 2.22. The number of hydrogen-bond donors (Lipinski definition) is 1. The van der Waals surface area contributed by atoms with E-state index in [9.17, 15) is 9.59 Å². The minimum atomic E-state index is -1.04. The van der Waals surface area contributed by atoms with Crippen LogP contribution in [-0.4, -0.2) is 90.2 Å². The highest BCUT2D eigenvalue weighted by molar-refractivity contribution is 5.95. The van der Waals surface area contributed by atoms with E-state index in [0.717, 1.165) is 0 Å². The van der Waals surface area contributed by atoms with Crippen molar-refractivity contribution in [2.24, 2.45) is 0 Å². The van der Waals surface area contributed by atoms with Gasteiger partial charge in [-0.05, 0) is 6.92 Å². The fourth-order valence-corrected chi connectivity index (χ4v) is 3.02. The summed E-state index contributed by atoms with van der Waals surface area (Å²) in [5.74, 6) is 0.146. The van der Waals surface area contributed by atoms with E-state index < -0.39 is 5.60 Å². The number of aromatic nitrogens is 2. The summed E-state index contributed by atoms with van der Waals surface area (Å²) in [5, 5.41) is 2.81. The van der Waals surface area contributed by atoms with E-state index in [-0.39, 0.29) is 18.4 Å². The van der Waals surface area contributed by atoms with Crippen LogP contribution in [0.5, 0.6) is 0 Å². The molecule has 0 spiro atoms. The van der Waals surface area contributed by atoms with Crippen molar-refractivity contribution in [2.75, 3.05) is 58.4 Å². The molecule has 25 heavy (non-hydrogen) atoms. The molecule has 1 unspecified atom stereocenters. The molecule has 3 heterocycles. The maximum Gasteiger partial charge on any atom is 0.257 e. The van der Waals surface area contributed by atoms with Gasteiger partial charge in [0.1, 0.15) is 0 Å². The van der Waals surface area contributed by atoms with Crippen LogP contribution in [0.15, 0.2) is 12.4 Å². The predicted molar refractivity (Wildman–Crippen MR) is 89.2 cm³/mol. The third-order valence-corrected chi connectivity index (χ3v) is 4.43. The number of nitrogens with one attached hydrogen (secondary N) is 1. The number of anilines is 1. The van der Waals surface area contributed by atoms with Gasteiger partial charge in [-0.1, -0.05) is 0 Å². The Labute approximate surface area is 146 Å². The van der Waals surface area contributed by atoms with Crippen molar-refractivity contribution in [3.8, 4) is 0 Å². The van der Waals surface area contributed by atoms with Gasteiger partial charge in [0, 0.05) is 39.1 Å². The average molecular weight is 349 g/mol. The minimum absolute atomic E-state index is 0.102. The van der Waals surface area contributed by atoms with E-state index in [1.54, 1.807) is 23.8 Å². The fraction of sp³-hybridized carbons (Fsp3) is 0.625. The highest BCUT2D eigenvalue weighted by Gasteiger charge is 2.43. The molecule has 0 radical (unpaired) electrons. The van der Waals surface area contributed by atoms with Crippen LogP contribution < -0.4 is 5.32 Å². The fourth-order valence-electron chi connectivity index (χ4n) is 3.02. The van der Waals surface area contributed by atoms with Crippen molar-refractivity contribution in [3.63, 3.8) is 0 Å². The molecule has 9 heteroatoms. The molecule has 2 aliphatic rings. The van der Waals surface area contributed by atoms with Gasteiger partial charge in [-0.15, -0.1) is 0 Å². The van der Waals surface area contributed by atoms with Gasteiger partial charge in [0.2, 0.25) is 5.95 Å². The first kappa shape index (κ1) is 17.6. The molecule has 2 amide bonds. The summed E-state index contributed by atoms with van der Waals surface area (Å²) in [5.41, 5.74) is -0.654. The lowest BCUT2D eigenvalue weighted by molar-refractivity contribution is -0.168. The highest BCUT2D eigenvalue weighted by atomic mass is 16.5. The van der Waals surface area contributed by atoms with Crippen LogP contribution in [0, 0.1) is 0 Å². The van der Waals surface area contributed by atoms with Gasteiger partial charge >= 0.3 is 0 Å². The zero-order chi connectivity index (χ0) is 17.9. The summed E-state index contributed by atoms with van der Waals surface area (Å²) in [7, 11) is 1.71. The number of amides is 2. The second-order valence-electron chi connectivity index (χ2n) is 6.26. The first-order valence-electron chi connectivity index (χ1n) is 8.34. The Bertz CT molecular complexity index is 632. The second kappa shape index (κ2) is 7.32. The Hall–Kier alpha value is -2.26. The average Bonchev–Trinajstić information content (AvgIpc) is 2.67. The molecular weight excluding hydrogens is 326 g/mol. The Kier molecular flexibility index (Phi) is 5.14. The van der Waals surface area contributed by atoms with Crippen LogP contribution in [0.3, 0.4) is 0 Å². The molecule has 0 aliphatic carbocycles. The Morgan fingerprint density at radius 2 is 1.76 bits per heavy atom. The SMILES string of the molecule is CNc1ncc(C(=O)N2CCOC(C)(C(=O)N3CCOCC3)C2)cn1. The van der Waals surface area contributed by atoms with Gasteiger partial charge in [-0.3, -0.25) is 9.59 Å². The van der Waals surface area contributed by atoms with Gasteiger partial charge in [-0.25, -0.2) is 9.97 Å². The zero-order valence-electron chi connectivity index (χ0n) is 14.5. The summed E-state index contributed by atoms with van der Waals surface area (Å²) in [6.07, 6.45) is 2.97. The van der Waals surface area contributed by atoms with E-state index in [0.29, 0.717) is 51.0 Å². The summed E-state index contributed by atoms with van der Waals surface area (Å²) < 4.78 is 11.1. The summed E-state index contributed by atoms with van der Waals surface area (Å²) >= 11 is 0. The molecular formula is C16H23N5O4.